The topological polar surface area (TPSA) is 45.1 Å². The Hall–Kier alpha value is -2.80. The number of fused-ring (bicyclic) bond motifs is 3. The second kappa shape index (κ2) is 8.28. The van der Waals surface area contributed by atoms with Crippen molar-refractivity contribution in [1.29, 1.82) is 0 Å². The van der Waals surface area contributed by atoms with Crippen molar-refractivity contribution in [3.8, 4) is 5.75 Å². The highest BCUT2D eigenvalue weighted by atomic mass is 19.1. The number of Topliss-reactive ketones (excluding diaryl/α,β-unsaturated/α-hetero) is 1. The van der Waals surface area contributed by atoms with Gasteiger partial charge in [-0.1, -0.05) is 36.8 Å². The number of nitrogens with zero attached hydrogens (tertiary/aromatic N) is 3. The van der Waals surface area contributed by atoms with Crippen LogP contribution in [0.25, 0.3) is 0 Å². The summed E-state index contributed by atoms with van der Waals surface area (Å²) in [6.07, 6.45) is 1.77. The Morgan fingerprint density at radius 2 is 1.97 bits per heavy atom. The van der Waals surface area contributed by atoms with Crippen LogP contribution >= 0.6 is 0 Å². The van der Waals surface area contributed by atoms with E-state index < -0.39 is 11.6 Å². The van der Waals surface area contributed by atoms with Crippen LogP contribution in [0.1, 0.15) is 31.7 Å². The summed E-state index contributed by atoms with van der Waals surface area (Å²) < 4.78 is 33.3. The molecule has 3 heterocycles. The second-order valence-corrected chi connectivity index (χ2v) is 8.94. The summed E-state index contributed by atoms with van der Waals surface area (Å²) in [7, 11) is 0. The van der Waals surface area contributed by atoms with E-state index in [0.29, 0.717) is 43.3 Å². The molecule has 0 aliphatic carbocycles. The van der Waals surface area contributed by atoms with Crippen molar-refractivity contribution in [2.45, 2.75) is 43.8 Å². The molecule has 7 heteroatoms. The second-order valence-electron chi connectivity index (χ2n) is 8.94. The van der Waals surface area contributed by atoms with Gasteiger partial charge in [0.1, 0.15) is 41.8 Å². The molecular formula is C25H27F2N3O2. The molecule has 3 aliphatic rings. The Balaban J connectivity index is 1.50. The number of hydrogen-bond acceptors (Lipinski definition) is 5. The van der Waals surface area contributed by atoms with Gasteiger partial charge in [-0.25, -0.2) is 8.78 Å². The van der Waals surface area contributed by atoms with Gasteiger partial charge >= 0.3 is 0 Å². The Morgan fingerprint density at radius 1 is 1.19 bits per heavy atom. The molecule has 0 unspecified atom stereocenters. The van der Waals surface area contributed by atoms with Crippen LogP contribution < -0.4 is 9.75 Å². The predicted octanol–water partition coefficient (Wildman–Crippen LogP) is 4.11. The molecule has 32 heavy (non-hydrogen) atoms. The van der Waals surface area contributed by atoms with Gasteiger partial charge in [-0.15, -0.1) is 0 Å². The predicted molar refractivity (Wildman–Crippen MR) is 120 cm³/mol. The Kier molecular flexibility index (Phi) is 5.45. The first-order chi connectivity index (χ1) is 15.5. The van der Waals surface area contributed by atoms with Gasteiger partial charge in [-0.05, 0) is 37.1 Å². The molecule has 1 saturated heterocycles. The lowest BCUT2D eigenvalue weighted by molar-refractivity contribution is -0.111. The number of carbonyl (C=O) groups is 1. The molecule has 5 nitrogen and oxygen atoms in total. The van der Waals surface area contributed by atoms with Crippen LogP contribution in [0.3, 0.4) is 0 Å². The number of rotatable bonds is 7. The SMILES string of the molecule is CC(=O)C1=NN2c3cc(F)ccc3OC[C@@H]2[C@]1(CCCCN1CC(F)C1)c1ccccc1. The van der Waals surface area contributed by atoms with Crippen molar-refractivity contribution in [3.63, 3.8) is 0 Å². The standard InChI is InChI=1S/C25H27F2N3O2/c1-17(31)24-25(18-7-3-2-4-8-18,11-5-6-12-29-14-20(27)15-29)23-16-32-22-10-9-19(26)13-21(22)30(23)28-24/h2-4,7-10,13,20,23H,5-6,11-12,14-16H2,1H3/t23-,25+/m1/s1. The van der Waals surface area contributed by atoms with Gasteiger partial charge in [0.15, 0.2) is 5.78 Å². The van der Waals surface area contributed by atoms with E-state index in [1.165, 1.54) is 12.1 Å². The largest absolute Gasteiger partial charge is 0.489 e. The average molecular weight is 440 g/mol. The van der Waals surface area contributed by atoms with Crippen LogP contribution in [-0.4, -0.2) is 54.8 Å². The first kappa shape index (κ1) is 21.1. The summed E-state index contributed by atoms with van der Waals surface area (Å²) in [4.78, 5) is 15.0. The zero-order valence-corrected chi connectivity index (χ0v) is 18.1. The van der Waals surface area contributed by atoms with Crippen molar-refractivity contribution in [1.82, 2.24) is 4.90 Å². The van der Waals surface area contributed by atoms with Crippen molar-refractivity contribution in [2.24, 2.45) is 5.10 Å². The maximum atomic E-state index is 14.1. The lowest BCUT2D eigenvalue weighted by Crippen LogP contribution is -2.53. The van der Waals surface area contributed by atoms with E-state index in [9.17, 15) is 13.6 Å². The van der Waals surface area contributed by atoms with E-state index in [0.717, 1.165) is 24.9 Å². The summed E-state index contributed by atoms with van der Waals surface area (Å²) in [5.74, 6) is 0.103. The fourth-order valence-electron chi connectivity index (χ4n) is 5.34. The van der Waals surface area contributed by atoms with E-state index >= 15 is 0 Å². The maximum Gasteiger partial charge on any atom is 0.176 e. The third kappa shape index (κ3) is 3.48. The Labute approximate surface area is 186 Å². The van der Waals surface area contributed by atoms with E-state index in [2.05, 4.69) is 4.90 Å². The summed E-state index contributed by atoms with van der Waals surface area (Å²) >= 11 is 0. The molecule has 168 valence electrons. The molecule has 1 fully saturated rings. The lowest BCUT2D eigenvalue weighted by Gasteiger charge is -2.41. The molecule has 0 aromatic heterocycles. The number of benzene rings is 2. The van der Waals surface area contributed by atoms with Gasteiger partial charge in [0.05, 0.1) is 5.41 Å². The monoisotopic (exact) mass is 439 g/mol. The molecule has 0 amide bonds. The molecule has 5 rings (SSSR count). The van der Waals surface area contributed by atoms with Crippen LogP contribution in [0.4, 0.5) is 14.5 Å². The highest BCUT2D eigenvalue weighted by Gasteiger charge is 2.55. The minimum absolute atomic E-state index is 0.0933. The number of anilines is 1. The minimum atomic E-state index is -0.703. The summed E-state index contributed by atoms with van der Waals surface area (Å²) in [5, 5.41) is 6.55. The molecule has 0 bridgehead atoms. The molecular weight excluding hydrogens is 412 g/mol. The van der Waals surface area contributed by atoms with Gasteiger partial charge in [-0.2, -0.15) is 5.10 Å². The summed E-state index contributed by atoms with van der Waals surface area (Å²) in [5.41, 5.74) is 1.39. The van der Waals surface area contributed by atoms with Crippen LogP contribution in [0.5, 0.6) is 5.75 Å². The van der Waals surface area contributed by atoms with Gasteiger partial charge in [0.25, 0.3) is 0 Å². The molecule has 0 radical (unpaired) electrons. The molecule has 0 spiro atoms. The van der Waals surface area contributed by atoms with Gasteiger partial charge in [0.2, 0.25) is 0 Å². The highest BCUT2D eigenvalue weighted by Crippen LogP contribution is 2.48. The Bertz CT molecular complexity index is 1040. The van der Waals surface area contributed by atoms with Crippen molar-refractivity contribution < 1.29 is 18.3 Å². The molecule has 2 aromatic carbocycles. The first-order valence-electron chi connectivity index (χ1n) is 11.2. The van der Waals surface area contributed by atoms with Crippen molar-refractivity contribution >= 4 is 17.2 Å². The smallest absolute Gasteiger partial charge is 0.176 e. The Morgan fingerprint density at radius 3 is 2.69 bits per heavy atom. The van der Waals surface area contributed by atoms with E-state index in [-0.39, 0.29) is 17.6 Å². The number of ketones is 1. The van der Waals surface area contributed by atoms with Crippen LogP contribution in [-0.2, 0) is 10.2 Å². The third-order valence-electron chi connectivity index (χ3n) is 6.89. The molecule has 2 aromatic rings. The van der Waals surface area contributed by atoms with Gasteiger partial charge < -0.3 is 4.74 Å². The van der Waals surface area contributed by atoms with Gasteiger partial charge in [-0.3, -0.25) is 14.7 Å². The van der Waals surface area contributed by atoms with E-state index in [4.69, 9.17) is 9.84 Å². The highest BCUT2D eigenvalue weighted by molar-refractivity contribution is 6.43. The minimum Gasteiger partial charge on any atom is -0.489 e. The van der Waals surface area contributed by atoms with E-state index in [1.54, 1.807) is 18.0 Å². The number of hydrogen-bond donors (Lipinski definition) is 0. The third-order valence-corrected chi connectivity index (χ3v) is 6.89. The average Bonchev–Trinajstić information content (AvgIpc) is 3.12. The number of halogens is 2. The van der Waals surface area contributed by atoms with Crippen molar-refractivity contribution in [3.05, 3.63) is 59.9 Å². The van der Waals surface area contributed by atoms with Gasteiger partial charge in [0, 0.05) is 26.1 Å². The zero-order chi connectivity index (χ0) is 22.3. The summed E-state index contributed by atoms with van der Waals surface area (Å²) in [6.45, 7) is 3.76. The van der Waals surface area contributed by atoms with Crippen LogP contribution in [0, 0.1) is 5.82 Å². The normalized spacial score (nSPS) is 24.9. The molecule has 2 atom stereocenters. The number of carbonyl (C=O) groups excluding carboxylic acids is 1. The molecule has 3 aliphatic heterocycles. The molecule has 0 saturated carbocycles. The number of hydrazone groups is 1. The number of ether oxygens (including phenoxy) is 1. The van der Waals surface area contributed by atoms with E-state index in [1.807, 2.05) is 30.3 Å². The fourth-order valence-corrected chi connectivity index (χ4v) is 5.34. The lowest BCUT2D eigenvalue weighted by atomic mass is 9.67. The maximum absolute atomic E-state index is 14.1. The quantitative estimate of drug-likeness (QED) is 0.609. The summed E-state index contributed by atoms with van der Waals surface area (Å²) in [6, 6.07) is 14.1. The first-order valence-corrected chi connectivity index (χ1v) is 11.2. The van der Waals surface area contributed by atoms with Crippen molar-refractivity contribution in [2.75, 3.05) is 31.3 Å². The van der Waals surface area contributed by atoms with Crippen LogP contribution in [0.15, 0.2) is 53.6 Å². The molecule has 0 N–H and O–H groups in total. The number of unbranched alkanes of at least 4 members (excludes halogenated alkanes) is 1. The number of likely N-dealkylation sites (tertiary alicyclic amines) is 1. The van der Waals surface area contributed by atoms with Crippen LogP contribution in [0.2, 0.25) is 0 Å². The number of alkyl halides is 1. The fraction of sp³-hybridized carbons (Fsp3) is 0.440. The zero-order valence-electron chi connectivity index (χ0n) is 18.1.